The molecule has 0 radical (unpaired) electrons. The van der Waals surface area contributed by atoms with E-state index in [1.54, 1.807) is 24.3 Å². The number of furan rings is 2. The largest absolute Gasteiger partial charge is 0.462 e. The van der Waals surface area contributed by atoms with Crippen LogP contribution < -0.4 is 10.6 Å². The van der Waals surface area contributed by atoms with Gasteiger partial charge >= 0.3 is 0 Å². The second-order valence-electron chi connectivity index (χ2n) is 5.15. The first-order valence-corrected chi connectivity index (χ1v) is 7.57. The molecule has 0 atom stereocenters. The Labute approximate surface area is 140 Å². The highest BCUT2D eigenvalue weighted by Crippen LogP contribution is 2.08. The van der Waals surface area contributed by atoms with Gasteiger partial charge in [-0.3, -0.25) is 9.59 Å². The fraction of sp³-hybridized carbons (Fsp3) is 0.222. The van der Waals surface area contributed by atoms with Crippen LogP contribution in [0.5, 0.6) is 0 Å². The third-order valence-electron chi connectivity index (χ3n) is 3.04. The minimum Gasteiger partial charge on any atom is -0.462 e. The van der Waals surface area contributed by atoms with Gasteiger partial charge in [0.25, 0.3) is 0 Å². The molecule has 6 heteroatoms. The molecule has 0 aliphatic rings. The first-order chi connectivity index (χ1) is 11.5. The Bertz CT molecular complexity index is 688. The number of hydrogen-bond acceptors (Lipinski definition) is 4. The van der Waals surface area contributed by atoms with Crippen molar-refractivity contribution < 1.29 is 18.4 Å². The zero-order valence-electron chi connectivity index (χ0n) is 13.7. The smallest absolute Gasteiger partial charge is 0.244 e. The number of nitrogens with one attached hydrogen (secondary N) is 2. The number of hydrogen-bond donors (Lipinski definition) is 2. The Kier molecular flexibility index (Phi) is 6.19. The molecule has 2 heterocycles. The standard InChI is InChI=1S/C18H20N2O4/c1-13-3-5-15(23-13)7-9-17(21)19-11-12-20-18(22)10-8-16-6-4-14(2)24-16/h3-10H,11-12H2,1-2H3,(H,19,21)(H,20,22). The van der Waals surface area contributed by atoms with Crippen LogP contribution in [-0.2, 0) is 9.59 Å². The molecular formula is C18H20N2O4. The molecule has 0 unspecified atom stereocenters. The van der Waals surface area contributed by atoms with Gasteiger partial charge in [-0.1, -0.05) is 0 Å². The van der Waals surface area contributed by atoms with Gasteiger partial charge in [-0.25, -0.2) is 0 Å². The third-order valence-corrected chi connectivity index (χ3v) is 3.04. The van der Waals surface area contributed by atoms with E-state index < -0.39 is 0 Å². The van der Waals surface area contributed by atoms with E-state index in [0.29, 0.717) is 24.6 Å². The van der Waals surface area contributed by atoms with Gasteiger partial charge in [-0.2, -0.15) is 0 Å². The molecule has 2 amide bonds. The second-order valence-corrected chi connectivity index (χ2v) is 5.15. The fourth-order valence-electron chi connectivity index (χ4n) is 1.89. The van der Waals surface area contributed by atoms with Crippen LogP contribution in [0.4, 0.5) is 0 Å². The van der Waals surface area contributed by atoms with E-state index >= 15 is 0 Å². The van der Waals surface area contributed by atoms with Gasteiger partial charge in [-0.15, -0.1) is 0 Å². The van der Waals surface area contributed by atoms with Crippen LogP contribution in [0.3, 0.4) is 0 Å². The summed E-state index contributed by atoms with van der Waals surface area (Å²) in [6.07, 6.45) is 5.96. The highest BCUT2D eigenvalue weighted by atomic mass is 16.3. The van der Waals surface area contributed by atoms with Crippen molar-refractivity contribution in [2.45, 2.75) is 13.8 Å². The summed E-state index contributed by atoms with van der Waals surface area (Å²) in [6.45, 7) is 4.34. The van der Waals surface area contributed by atoms with Gasteiger partial charge in [0.2, 0.25) is 11.8 Å². The van der Waals surface area contributed by atoms with Gasteiger partial charge in [0.15, 0.2) is 0 Å². The monoisotopic (exact) mass is 328 g/mol. The molecule has 2 rings (SSSR count). The molecule has 2 N–H and O–H groups in total. The summed E-state index contributed by atoms with van der Waals surface area (Å²) < 4.78 is 10.6. The Morgan fingerprint density at radius 3 is 1.58 bits per heavy atom. The molecule has 0 bridgehead atoms. The lowest BCUT2D eigenvalue weighted by Gasteiger charge is -2.02. The second kappa shape index (κ2) is 8.57. The first-order valence-electron chi connectivity index (χ1n) is 7.57. The van der Waals surface area contributed by atoms with Gasteiger partial charge in [0, 0.05) is 25.2 Å². The van der Waals surface area contributed by atoms with Crippen molar-refractivity contribution in [3.05, 3.63) is 59.5 Å². The van der Waals surface area contributed by atoms with Crippen molar-refractivity contribution in [2.75, 3.05) is 13.1 Å². The summed E-state index contributed by atoms with van der Waals surface area (Å²) in [4.78, 5) is 23.2. The van der Waals surface area contributed by atoms with Gasteiger partial charge in [0.1, 0.15) is 23.0 Å². The molecule has 24 heavy (non-hydrogen) atoms. The van der Waals surface area contributed by atoms with E-state index in [1.165, 1.54) is 12.2 Å². The molecule has 6 nitrogen and oxygen atoms in total. The summed E-state index contributed by atoms with van der Waals surface area (Å²) >= 11 is 0. The Hall–Kier alpha value is -3.02. The molecule has 2 aromatic heterocycles. The number of aryl methyl sites for hydroxylation is 2. The summed E-state index contributed by atoms with van der Waals surface area (Å²) in [5, 5.41) is 5.33. The van der Waals surface area contributed by atoms with Crippen LogP contribution in [0.1, 0.15) is 23.0 Å². The SMILES string of the molecule is Cc1ccc(C=CC(=O)NCCNC(=O)C=Cc2ccc(C)o2)o1. The molecule has 2 aromatic rings. The summed E-state index contributed by atoms with van der Waals surface area (Å²) in [7, 11) is 0. The van der Waals surface area contributed by atoms with E-state index in [-0.39, 0.29) is 11.8 Å². The predicted octanol–water partition coefficient (Wildman–Crippen LogP) is 2.45. The van der Waals surface area contributed by atoms with E-state index in [2.05, 4.69) is 10.6 Å². The van der Waals surface area contributed by atoms with Gasteiger partial charge < -0.3 is 19.5 Å². The average Bonchev–Trinajstić information content (AvgIpc) is 3.16. The molecule has 0 aliphatic carbocycles. The van der Waals surface area contributed by atoms with Crippen molar-refractivity contribution in [3.8, 4) is 0 Å². The van der Waals surface area contributed by atoms with Crippen LogP contribution in [-0.4, -0.2) is 24.9 Å². The predicted molar refractivity (Wildman–Crippen MR) is 91.0 cm³/mol. The minimum atomic E-state index is -0.250. The number of carbonyl (C=O) groups is 2. The number of amides is 2. The maximum Gasteiger partial charge on any atom is 0.244 e. The maximum atomic E-state index is 11.6. The lowest BCUT2D eigenvalue weighted by Crippen LogP contribution is -2.33. The molecule has 0 fully saturated rings. The third kappa shape index (κ3) is 6.00. The Morgan fingerprint density at radius 1 is 0.833 bits per heavy atom. The maximum absolute atomic E-state index is 11.6. The number of carbonyl (C=O) groups excluding carboxylic acids is 2. The topological polar surface area (TPSA) is 84.5 Å². The molecule has 0 aromatic carbocycles. The average molecular weight is 328 g/mol. The fourth-order valence-corrected chi connectivity index (χ4v) is 1.89. The summed E-state index contributed by atoms with van der Waals surface area (Å²) in [5.74, 6) is 2.31. The van der Waals surface area contributed by atoms with Crippen LogP contribution >= 0.6 is 0 Å². The highest BCUT2D eigenvalue weighted by Gasteiger charge is 1.99. The van der Waals surface area contributed by atoms with Crippen molar-refractivity contribution in [2.24, 2.45) is 0 Å². The van der Waals surface area contributed by atoms with E-state index in [0.717, 1.165) is 11.5 Å². The van der Waals surface area contributed by atoms with Gasteiger partial charge in [-0.05, 0) is 50.3 Å². The molecule has 0 aliphatic heterocycles. The van der Waals surface area contributed by atoms with Crippen molar-refractivity contribution >= 4 is 24.0 Å². The van der Waals surface area contributed by atoms with E-state index in [1.807, 2.05) is 26.0 Å². The molecule has 0 saturated carbocycles. The Morgan fingerprint density at radius 2 is 1.25 bits per heavy atom. The van der Waals surface area contributed by atoms with Crippen LogP contribution in [0, 0.1) is 13.8 Å². The van der Waals surface area contributed by atoms with Crippen molar-refractivity contribution in [1.29, 1.82) is 0 Å². The van der Waals surface area contributed by atoms with Crippen LogP contribution in [0.15, 0.2) is 45.3 Å². The quantitative estimate of drug-likeness (QED) is 0.604. The normalized spacial score (nSPS) is 11.2. The van der Waals surface area contributed by atoms with Crippen molar-refractivity contribution in [3.63, 3.8) is 0 Å². The lowest BCUT2D eigenvalue weighted by molar-refractivity contribution is -0.118. The molecule has 126 valence electrons. The van der Waals surface area contributed by atoms with Crippen LogP contribution in [0.2, 0.25) is 0 Å². The minimum absolute atomic E-state index is 0.250. The zero-order chi connectivity index (χ0) is 17.4. The van der Waals surface area contributed by atoms with E-state index in [4.69, 9.17) is 8.83 Å². The van der Waals surface area contributed by atoms with E-state index in [9.17, 15) is 9.59 Å². The highest BCUT2D eigenvalue weighted by molar-refractivity contribution is 5.92. The summed E-state index contributed by atoms with van der Waals surface area (Å²) in [5.41, 5.74) is 0. The lowest BCUT2D eigenvalue weighted by atomic mass is 10.3. The first kappa shape index (κ1) is 17.3. The molecule has 0 spiro atoms. The van der Waals surface area contributed by atoms with Crippen molar-refractivity contribution in [1.82, 2.24) is 10.6 Å². The van der Waals surface area contributed by atoms with Crippen LogP contribution in [0.25, 0.3) is 12.2 Å². The Balaban J connectivity index is 1.63. The zero-order valence-corrected chi connectivity index (χ0v) is 13.7. The molecule has 0 saturated heterocycles. The molecular weight excluding hydrogens is 308 g/mol. The van der Waals surface area contributed by atoms with Gasteiger partial charge in [0.05, 0.1) is 0 Å². The number of rotatable bonds is 7. The summed E-state index contributed by atoms with van der Waals surface area (Å²) in [6, 6.07) is 7.22.